The van der Waals surface area contributed by atoms with Gasteiger partial charge >= 0.3 is 12.1 Å². The molecule has 10 nitrogen and oxygen atoms in total. The molecule has 1 rings (SSSR count). The second-order valence-electron chi connectivity index (χ2n) is 18.6. The van der Waals surface area contributed by atoms with E-state index in [9.17, 15) is 9.59 Å². The molecule has 0 heterocycles. The number of amides is 1. The fourth-order valence-electron chi connectivity index (χ4n) is 7.16. The number of likely N-dealkylation sites (N-methyl/N-ethyl adjacent to an activating group) is 1. The lowest BCUT2D eigenvalue weighted by Gasteiger charge is -2.18. The van der Waals surface area contributed by atoms with E-state index in [1.54, 1.807) is 0 Å². The first-order valence-electron chi connectivity index (χ1n) is 27.5. The minimum atomic E-state index is -0.372. The summed E-state index contributed by atoms with van der Waals surface area (Å²) >= 11 is 0. The lowest BCUT2D eigenvalue weighted by molar-refractivity contribution is -0.859. The van der Waals surface area contributed by atoms with Gasteiger partial charge in [-0.05, 0) is 109 Å². The van der Waals surface area contributed by atoms with Gasteiger partial charge in [-0.25, -0.2) is 4.79 Å². The standard InChI is InChI=1S/C25H49BN2O4.C18H36O.C12H21NO2/c1-4-5-6-7-8-9-10-11-12-13-14-15-16-17-18-19-25(29)30-22-24(26)23-32-27-31-21-20-28(2)3;1-2-3-4-5-6-7-8-9-10-11-12-13-14-15-16-17-18-19;1-2-10-13-12(14)15-11-8-6-4-3-5-7-9-11/h11-12,24,27H,4-10,13-23H2,1-3H3;9-10,19H,2-8,11-18H2,1H3;3-4,11H,2,5-10H2,1H3,(H,13,14)/p+1/b12-11-;10-9-;4-3+. The molecule has 2 unspecified atom stereocenters. The van der Waals surface area contributed by atoms with Crippen molar-refractivity contribution in [1.29, 1.82) is 0 Å². The van der Waals surface area contributed by atoms with Crippen LogP contribution in [0, 0.1) is 0 Å². The number of aliphatic hydroxyl groups is 1. The summed E-state index contributed by atoms with van der Waals surface area (Å²) in [5.41, 5.74) is 2.40. The lowest BCUT2D eigenvalue weighted by Crippen LogP contribution is -3.06. The molecule has 0 aromatic carbocycles. The summed E-state index contributed by atoms with van der Waals surface area (Å²) in [6, 6.07) is 0. The Morgan fingerprint density at radius 2 is 1.15 bits per heavy atom. The van der Waals surface area contributed by atoms with Crippen molar-refractivity contribution in [2.45, 2.75) is 251 Å². The van der Waals surface area contributed by atoms with Gasteiger partial charge in [-0.15, -0.1) is 0 Å². The number of esters is 1. The van der Waals surface area contributed by atoms with Crippen molar-refractivity contribution in [2.24, 2.45) is 0 Å². The van der Waals surface area contributed by atoms with E-state index >= 15 is 0 Å². The number of unbranched alkanes of at least 4 members (excludes halogenated alkanes) is 23. The summed E-state index contributed by atoms with van der Waals surface area (Å²) in [5.74, 6) is -0.556. The zero-order valence-electron chi connectivity index (χ0n) is 43.9. The molecule has 2 radical (unpaired) electrons. The molecular weight excluding hydrogens is 825 g/mol. The highest BCUT2D eigenvalue weighted by Gasteiger charge is 2.14. The van der Waals surface area contributed by atoms with E-state index < -0.39 is 0 Å². The van der Waals surface area contributed by atoms with E-state index in [0.717, 1.165) is 64.3 Å². The molecule has 0 saturated heterocycles. The average Bonchev–Trinajstić information content (AvgIpc) is 3.30. The SMILES string of the molecule is CCCCCCCC/C=C\CCCCCCCCO.CCCNC(=O)OC1CC/C=C/CCC1.[B]C(CONOCC[NH+](C)C)COC(=O)CCCCCCC/C=C\CCCCCCCC. The number of nitrogens with one attached hydrogen (secondary N) is 3. The Hall–Kier alpha value is -2.18. The van der Waals surface area contributed by atoms with Gasteiger partial charge in [0.25, 0.3) is 0 Å². The van der Waals surface area contributed by atoms with Crippen LogP contribution in [0.4, 0.5) is 4.79 Å². The molecule has 0 spiro atoms. The number of quaternary nitrogens is 1. The summed E-state index contributed by atoms with van der Waals surface area (Å²) in [4.78, 5) is 34.6. The molecule has 1 aliphatic carbocycles. The van der Waals surface area contributed by atoms with Crippen molar-refractivity contribution in [2.75, 3.05) is 53.6 Å². The second kappa shape index (κ2) is 57.1. The Labute approximate surface area is 409 Å². The van der Waals surface area contributed by atoms with Gasteiger partial charge in [-0.2, -0.15) is 0 Å². The molecule has 66 heavy (non-hydrogen) atoms. The molecule has 2 atom stereocenters. The maximum Gasteiger partial charge on any atom is 0.407 e. The van der Waals surface area contributed by atoms with Gasteiger partial charge in [0.2, 0.25) is 0 Å². The van der Waals surface area contributed by atoms with Gasteiger partial charge in [0, 0.05) is 19.6 Å². The van der Waals surface area contributed by atoms with Crippen LogP contribution in [0.3, 0.4) is 0 Å². The average molecular weight is 933 g/mol. The topological polar surface area (TPSA) is 120 Å². The Bertz CT molecular complexity index is 1080. The molecule has 0 aromatic rings. The molecule has 0 aliphatic heterocycles. The first-order chi connectivity index (χ1) is 32.3. The number of alkyl carbamates (subject to hydrolysis) is 1. The van der Waals surface area contributed by atoms with Crippen molar-refractivity contribution in [1.82, 2.24) is 11.0 Å². The van der Waals surface area contributed by atoms with Crippen LogP contribution in [0.15, 0.2) is 36.5 Å². The number of hydrogen-bond donors (Lipinski definition) is 4. The van der Waals surface area contributed by atoms with Crippen molar-refractivity contribution in [3.05, 3.63) is 36.5 Å². The highest BCUT2D eigenvalue weighted by molar-refractivity contribution is 6.11. The van der Waals surface area contributed by atoms with Crippen LogP contribution < -0.4 is 15.9 Å². The van der Waals surface area contributed by atoms with Gasteiger partial charge in [-0.3, -0.25) is 14.5 Å². The third-order valence-corrected chi connectivity index (χ3v) is 11.4. The quantitative estimate of drug-likeness (QED) is 0.0157. The molecule has 1 amide bonds. The van der Waals surface area contributed by atoms with Crippen molar-refractivity contribution < 1.29 is 38.7 Å². The van der Waals surface area contributed by atoms with Crippen molar-refractivity contribution in [3.8, 4) is 0 Å². The zero-order chi connectivity index (χ0) is 48.7. The summed E-state index contributed by atoms with van der Waals surface area (Å²) in [6.07, 6.45) is 54.9. The monoisotopic (exact) mass is 933 g/mol. The molecule has 11 heteroatoms. The van der Waals surface area contributed by atoms with Crippen LogP contribution >= 0.6 is 0 Å². The number of aliphatic hydroxyl groups excluding tert-OH is 1. The number of carbonyl (C=O) groups is 2. The number of hydrogen-bond acceptors (Lipinski definition) is 8. The van der Waals surface area contributed by atoms with Gasteiger partial charge < -0.3 is 24.8 Å². The predicted molar refractivity (Wildman–Crippen MR) is 280 cm³/mol. The van der Waals surface area contributed by atoms with E-state index in [0.29, 0.717) is 26.2 Å². The first kappa shape index (κ1) is 65.9. The largest absolute Gasteiger partial charge is 0.466 e. The molecule has 1 aliphatic rings. The number of rotatable bonds is 42. The van der Waals surface area contributed by atoms with Gasteiger partial charge in [0.05, 0.1) is 35.2 Å². The van der Waals surface area contributed by atoms with E-state index in [4.69, 9.17) is 32.1 Å². The predicted octanol–water partition coefficient (Wildman–Crippen LogP) is 13.1. The fourth-order valence-corrected chi connectivity index (χ4v) is 7.16. The Morgan fingerprint density at radius 3 is 1.67 bits per heavy atom. The summed E-state index contributed by atoms with van der Waals surface area (Å²) < 4.78 is 10.6. The van der Waals surface area contributed by atoms with Gasteiger partial charge in [0.1, 0.15) is 19.3 Å². The summed E-state index contributed by atoms with van der Waals surface area (Å²) in [6.45, 7) is 9.42. The van der Waals surface area contributed by atoms with Crippen LogP contribution in [-0.2, 0) is 23.9 Å². The first-order valence-corrected chi connectivity index (χ1v) is 27.5. The highest BCUT2D eigenvalue weighted by Crippen LogP contribution is 2.16. The number of carbonyl (C=O) groups excluding carboxylic acids is 2. The number of allylic oxidation sites excluding steroid dienone is 6. The summed E-state index contributed by atoms with van der Waals surface area (Å²) in [7, 11) is 9.96. The second-order valence-corrected chi connectivity index (χ2v) is 18.6. The molecule has 0 fully saturated rings. The van der Waals surface area contributed by atoms with Crippen LogP contribution in [0.1, 0.15) is 239 Å². The van der Waals surface area contributed by atoms with Crippen LogP contribution in [0.25, 0.3) is 0 Å². The third kappa shape index (κ3) is 58.0. The summed E-state index contributed by atoms with van der Waals surface area (Å²) in [5, 5.41) is 11.4. The maximum absolute atomic E-state index is 11.8. The highest BCUT2D eigenvalue weighted by atomic mass is 16.9. The minimum absolute atomic E-state index is 0.104. The van der Waals surface area contributed by atoms with Crippen LogP contribution in [0.2, 0.25) is 5.82 Å². The van der Waals surface area contributed by atoms with E-state index in [1.165, 1.54) is 159 Å². The minimum Gasteiger partial charge on any atom is -0.466 e. The normalized spacial score (nSPS) is 14.8. The Morgan fingerprint density at radius 1 is 0.652 bits per heavy atom. The lowest BCUT2D eigenvalue weighted by atomic mass is 9.89. The van der Waals surface area contributed by atoms with Crippen LogP contribution in [0.5, 0.6) is 0 Å². The maximum atomic E-state index is 11.8. The number of ether oxygens (including phenoxy) is 2. The van der Waals surface area contributed by atoms with E-state index in [2.05, 4.69) is 61.3 Å². The molecule has 4 N–H and O–H groups in total. The van der Waals surface area contributed by atoms with Crippen molar-refractivity contribution >= 4 is 19.9 Å². The van der Waals surface area contributed by atoms with Gasteiger partial charge in [-0.1, -0.05) is 172 Å². The molecule has 0 aromatic heterocycles. The van der Waals surface area contributed by atoms with E-state index in [-0.39, 0.29) is 37.2 Å². The fraction of sp³-hybridized carbons (Fsp3) is 0.855. The third-order valence-electron chi connectivity index (χ3n) is 11.4. The molecular formula is C55H107BN3O7+. The van der Waals surface area contributed by atoms with Crippen molar-refractivity contribution in [3.63, 3.8) is 0 Å². The molecule has 0 saturated carbocycles. The zero-order valence-corrected chi connectivity index (χ0v) is 43.9. The molecule has 386 valence electrons. The Balaban J connectivity index is 0. The van der Waals surface area contributed by atoms with Gasteiger partial charge in [0.15, 0.2) is 0 Å². The smallest absolute Gasteiger partial charge is 0.407 e. The van der Waals surface area contributed by atoms with Crippen LogP contribution in [-0.4, -0.2) is 84.7 Å². The Kier molecular flexibility index (Phi) is 57.1. The molecule has 0 bridgehead atoms. The van der Waals surface area contributed by atoms with E-state index in [1.807, 2.05) is 21.0 Å².